The average Bonchev–Trinajstić information content (AvgIpc) is 2.86. The van der Waals surface area contributed by atoms with Crippen LogP contribution in [0, 0.1) is 0 Å². The molecule has 0 radical (unpaired) electrons. The van der Waals surface area contributed by atoms with Crippen molar-refractivity contribution < 1.29 is 9.59 Å². The van der Waals surface area contributed by atoms with Gasteiger partial charge >= 0.3 is 0 Å². The number of amides is 2. The number of hydrogen-bond donors (Lipinski definition) is 0. The number of piperidine rings is 1. The molecule has 0 N–H and O–H groups in total. The molecule has 0 aliphatic carbocycles. The van der Waals surface area contributed by atoms with Crippen LogP contribution >= 0.6 is 0 Å². The van der Waals surface area contributed by atoms with Crippen molar-refractivity contribution in [2.24, 2.45) is 4.99 Å². The fourth-order valence-electron chi connectivity index (χ4n) is 4.01. The molecule has 4 rings (SSSR count). The highest BCUT2D eigenvalue weighted by atomic mass is 16.2. The Kier molecular flexibility index (Phi) is 5.24. The van der Waals surface area contributed by atoms with Crippen LogP contribution in [0.2, 0.25) is 0 Å². The van der Waals surface area contributed by atoms with Crippen molar-refractivity contribution >= 4 is 28.9 Å². The van der Waals surface area contributed by atoms with Crippen LogP contribution in [-0.4, -0.2) is 41.6 Å². The third kappa shape index (κ3) is 3.70. The number of carbonyl (C=O) groups excluding carboxylic acids is 2. The molecule has 28 heavy (non-hydrogen) atoms. The zero-order valence-electron chi connectivity index (χ0n) is 16.2. The van der Waals surface area contributed by atoms with Crippen molar-refractivity contribution in [3.05, 3.63) is 60.2 Å². The lowest BCUT2D eigenvalue weighted by Gasteiger charge is -2.35. The topological polar surface area (TPSA) is 53.0 Å². The standard InChI is InChI=1S/C23H25N3O2/c1-17-9-7-8-14-25(17)23(28)16-26-21-13-6-5-12-19(21)24-20(15-22(26)27)18-10-3-2-4-11-18/h2-6,10-13,17H,7-9,14-16H2,1H3/t17-/m1/s1. The van der Waals surface area contributed by atoms with Gasteiger partial charge in [0.25, 0.3) is 0 Å². The molecule has 1 fully saturated rings. The van der Waals surface area contributed by atoms with E-state index in [9.17, 15) is 9.59 Å². The number of fused-ring (bicyclic) bond motifs is 1. The van der Waals surface area contributed by atoms with Gasteiger partial charge in [-0.25, -0.2) is 0 Å². The van der Waals surface area contributed by atoms with Gasteiger partial charge < -0.3 is 9.80 Å². The van der Waals surface area contributed by atoms with E-state index in [4.69, 9.17) is 4.99 Å². The lowest BCUT2D eigenvalue weighted by atomic mass is 10.0. The molecule has 0 bridgehead atoms. The number of nitrogens with zero attached hydrogens (tertiary/aromatic N) is 3. The van der Waals surface area contributed by atoms with E-state index < -0.39 is 0 Å². The van der Waals surface area contributed by atoms with Crippen molar-refractivity contribution in [2.75, 3.05) is 18.0 Å². The molecule has 1 saturated heterocycles. The van der Waals surface area contributed by atoms with E-state index in [1.54, 1.807) is 4.90 Å². The minimum absolute atomic E-state index is 0.0125. The van der Waals surface area contributed by atoms with Crippen LogP contribution in [0.5, 0.6) is 0 Å². The Morgan fingerprint density at radius 3 is 2.61 bits per heavy atom. The Morgan fingerprint density at radius 1 is 1.07 bits per heavy atom. The predicted octanol–water partition coefficient (Wildman–Crippen LogP) is 3.95. The Morgan fingerprint density at radius 2 is 1.82 bits per heavy atom. The van der Waals surface area contributed by atoms with E-state index in [-0.39, 0.29) is 30.8 Å². The number of aliphatic imine (C=N–C) groups is 1. The molecule has 0 saturated carbocycles. The highest BCUT2D eigenvalue weighted by molar-refractivity contribution is 6.18. The summed E-state index contributed by atoms with van der Waals surface area (Å²) in [5.41, 5.74) is 3.10. The third-order valence-electron chi connectivity index (χ3n) is 5.57. The Bertz CT molecular complexity index is 907. The van der Waals surface area contributed by atoms with Crippen LogP contribution in [0.25, 0.3) is 0 Å². The first kappa shape index (κ1) is 18.4. The van der Waals surface area contributed by atoms with Crippen molar-refractivity contribution in [1.29, 1.82) is 0 Å². The maximum absolute atomic E-state index is 13.1. The molecule has 0 spiro atoms. The first-order valence-electron chi connectivity index (χ1n) is 9.95. The van der Waals surface area contributed by atoms with Gasteiger partial charge in [-0.15, -0.1) is 0 Å². The smallest absolute Gasteiger partial charge is 0.242 e. The predicted molar refractivity (Wildman–Crippen MR) is 111 cm³/mol. The second-order valence-electron chi connectivity index (χ2n) is 7.50. The summed E-state index contributed by atoms with van der Waals surface area (Å²) in [4.78, 5) is 34.4. The molecule has 2 heterocycles. The summed E-state index contributed by atoms with van der Waals surface area (Å²) in [5, 5.41) is 0. The van der Waals surface area contributed by atoms with Gasteiger partial charge in [-0.3, -0.25) is 14.6 Å². The summed E-state index contributed by atoms with van der Waals surface area (Å²) in [6.45, 7) is 2.93. The van der Waals surface area contributed by atoms with Crippen LogP contribution in [0.15, 0.2) is 59.6 Å². The molecule has 2 aliphatic heterocycles. The number of rotatable bonds is 3. The molecular formula is C23H25N3O2. The number of para-hydroxylation sites is 2. The van der Waals surface area contributed by atoms with Crippen LogP contribution in [-0.2, 0) is 9.59 Å². The minimum Gasteiger partial charge on any atom is -0.338 e. The quantitative estimate of drug-likeness (QED) is 0.816. The van der Waals surface area contributed by atoms with Crippen molar-refractivity contribution in [3.8, 4) is 0 Å². The van der Waals surface area contributed by atoms with E-state index in [1.807, 2.05) is 59.5 Å². The van der Waals surface area contributed by atoms with Crippen molar-refractivity contribution in [3.63, 3.8) is 0 Å². The summed E-state index contributed by atoms with van der Waals surface area (Å²) in [5.74, 6) is -0.0796. The largest absolute Gasteiger partial charge is 0.338 e. The fraction of sp³-hybridized carbons (Fsp3) is 0.348. The molecule has 2 aliphatic rings. The monoisotopic (exact) mass is 375 g/mol. The van der Waals surface area contributed by atoms with E-state index in [0.29, 0.717) is 5.69 Å². The molecule has 5 nitrogen and oxygen atoms in total. The summed E-state index contributed by atoms with van der Waals surface area (Å²) in [7, 11) is 0. The molecule has 5 heteroatoms. The molecule has 2 aromatic rings. The highest BCUT2D eigenvalue weighted by Crippen LogP contribution is 2.33. The molecule has 144 valence electrons. The second-order valence-corrected chi connectivity index (χ2v) is 7.50. The number of anilines is 1. The normalized spacial score (nSPS) is 19.7. The van der Waals surface area contributed by atoms with Gasteiger partial charge in [0.15, 0.2) is 0 Å². The second kappa shape index (κ2) is 7.97. The van der Waals surface area contributed by atoms with Crippen molar-refractivity contribution in [1.82, 2.24) is 4.90 Å². The molecule has 0 aromatic heterocycles. The van der Waals surface area contributed by atoms with Gasteiger partial charge in [0.2, 0.25) is 11.8 Å². The molecule has 2 aromatic carbocycles. The van der Waals surface area contributed by atoms with Crippen molar-refractivity contribution in [2.45, 2.75) is 38.6 Å². The minimum atomic E-state index is -0.0921. The van der Waals surface area contributed by atoms with Crippen LogP contribution in [0.1, 0.15) is 38.2 Å². The van der Waals surface area contributed by atoms with Gasteiger partial charge in [-0.05, 0) is 43.9 Å². The maximum Gasteiger partial charge on any atom is 0.242 e. The summed E-state index contributed by atoms with van der Waals surface area (Å²) in [6, 6.07) is 17.6. The average molecular weight is 375 g/mol. The lowest BCUT2D eigenvalue weighted by molar-refractivity contribution is -0.134. The zero-order valence-corrected chi connectivity index (χ0v) is 16.2. The Balaban J connectivity index is 1.64. The number of hydrogen-bond acceptors (Lipinski definition) is 3. The first-order chi connectivity index (χ1) is 13.6. The van der Waals surface area contributed by atoms with Gasteiger partial charge in [-0.1, -0.05) is 42.5 Å². The lowest BCUT2D eigenvalue weighted by Crippen LogP contribution is -2.48. The summed E-state index contributed by atoms with van der Waals surface area (Å²) >= 11 is 0. The molecule has 2 amide bonds. The zero-order chi connectivity index (χ0) is 19.5. The Hall–Kier alpha value is -2.95. The van der Waals surface area contributed by atoms with Gasteiger partial charge in [-0.2, -0.15) is 0 Å². The van der Waals surface area contributed by atoms with Crippen LogP contribution in [0.4, 0.5) is 11.4 Å². The fourth-order valence-corrected chi connectivity index (χ4v) is 4.01. The summed E-state index contributed by atoms with van der Waals surface area (Å²) in [6.07, 6.45) is 3.39. The van der Waals surface area contributed by atoms with Crippen LogP contribution in [0.3, 0.4) is 0 Å². The molecular weight excluding hydrogens is 350 g/mol. The Labute approximate surface area is 165 Å². The molecule has 0 unspecified atom stereocenters. The van der Waals surface area contributed by atoms with Gasteiger partial charge in [0, 0.05) is 12.6 Å². The van der Waals surface area contributed by atoms with Crippen LogP contribution < -0.4 is 4.90 Å². The first-order valence-corrected chi connectivity index (χ1v) is 9.95. The van der Waals surface area contributed by atoms with E-state index in [1.165, 1.54) is 0 Å². The van der Waals surface area contributed by atoms with E-state index >= 15 is 0 Å². The highest BCUT2D eigenvalue weighted by Gasteiger charge is 2.30. The summed E-state index contributed by atoms with van der Waals surface area (Å²) < 4.78 is 0. The van der Waals surface area contributed by atoms with Gasteiger partial charge in [0.05, 0.1) is 23.5 Å². The maximum atomic E-state index is 13.1. The number of benzene rings is 2. The number of likely N-dealkylation sites (tertiary alicyclic amines) is 1. The van der Waals surface area contributed by atoms with E-state index in [0.717, 1.165) is 42.8 Å². The molecule has 1 atom stereocenters. The number of carbonyl (C=O) groups is 2. The SMILES string of the molecule is C[C@@H]1CCCCN1C(=O)CN1C(=O)CC(c2ccccc2)=Nc2ccccc21. The van der Waals surface area contributed by atoms with E-state index in [2.05, 4.69) is 6.92 Å². The van der Waals surface area contributed by atoms with Gasteiger partial charge in [0.1, 0.15) is 6.54 Å². The third-order valence-corrected chi connectivity index (χ3v) is 5.57.